The minimum absolute atomic E-state index is 0.0978. The van der Waals surface area contributed by atoms with E-state index in [-0.39, 0.29) is 5.82 Å². The molecule has 1 aromatic carbocycles. The molecule has 0 aromatic heterocycles. The zero-order valence-electron chi connectivity index (χ0n) is 8.32. The van der Waals surface area contributed by atoms with Gasteiger partial charge in [-0.25, -0.2) is 4.39 Å². The van der Waals surface area contributed by atoms with Crippen molar-refractivity contribution in [3.05, 3.63) is 35.1 Å². The van der Waals surface area contributed by atoms with Crippen molar-refractivity contribution in [2.75, 3.05) is 0 Å². The highest BCUT2D eigenvalue weighted by molar-refractivity contribution is 5.22. The van der Waals surface area contributed by atoms with Crippen LogP contribution >= 0.6 is 0 Å². The molecule has 1 heteroatoms. The zero-order chi connectivity index (χ0) is 9.56. The van der Waals surface area contributed by atoms with Crippen LogP contribution in [0.5, 0.6) is 0 Å². The van der Waals surface area contributed by atoms with Gasteiger partial charge in [0.2, 0.25) is 0 Å². The fourth-order valence-corrected chi connectivity index (χ4v) is 0.856. The molecule has 0 unspecified atom stereocenters. The average Bonchev–Trinajstić information content (AvgIpc) is 2.13. The summed E-state index contributed by atoms with van der Waals surface area (Å²) in [7, 11) is 0. The van der Waals surface area contributed by atoms with Gasteiger partial charge >= 0.3 is 0 Å². The molecule has 1 rings (SSSR count). The van der Waals surface area contributed by atoms with Crippen molar-refractivity contribution < 1.29 is 4.39 Å². The van der Waals surface area contributed by atoms with Crippen molar-refractivity contribution in [3.8, 4) is 0 Å². The highest BCUT2D eigenvalue weighted by Gasteiger charge is 1.95. The first-order chi connectivity index (χ1) is 5.74. The average molecular weight is 168 g/mol. The van der Waals surface area contributed by atoms with Gasteiger partial charge in [0, 0.05) is 0 Å². The SMILES string of the molecule is CC.CCc1ccc(C)c(F)c1. The van der Waals surface area contributed by atoms with Crippen molar-refractivity contribution in [2.45, 2.75) is 34.1 Å². The van der Waals surface area contributed by atoms with Crippen LogP contribution in [0.15, 0.2) is 18.2 Å². The van der Waals surface area contributed by atoms with E-state index in [4.69, 9.17) is 0 Å². The van der Waals surface area contributed by atoms with Crippen molar-refractivity contribution in [2.24, 2.45) is 0 Å². The van der Waals surface area contributed by atoms with Crippen molar-refractivity contribution in [1.82, 2.24) is 0 Å². The van der Waals surface area contributed by atoms with E-state index in [1.807, 2.05) is 32.9 Å². The number of rotatable bonds is 1. The van der Waals surface area contributed by atoms with E-state index in [2.05, 4.69) is 0 Å². The van der Waals surface area contributed by atoms with Gasteiger partial charge < -0.3 is 0 Å². The summed E-state index contributed by atoms with van der Waals surface area (Å²) in [6.07, 6.45) is 0.900. The molecule has 68 valence electrons. The Morgan fingerprint density at radius 1 is 1.25 bits per heavy atom. The third-order valence-electron chi connectivity index (χ3n) is 1.64. The summed E-state index contributed by atoms with van der Waals surface area (Å²) in [5.41, 5.74) is 1.78. The van der Waals surface area contributed by atoms with E-state index >= 15 is 0 Å². The van der Waals surface area contributed by atoms with Crippen molar-refractivity contribution in [1.29, 1.82) is 0 Å². The number of benzene rings is 1. The monoisotopic (exact) mass is 168 g/mol. The van der Waals surface area contributed by atoms with Gasteiger partial charge in [-0.1, -0.05) is 32.9 Å². The molecule has 0 aliphatic heterocycles. The molecule has 0 radical (unpaired) electrons. The molecular weight excluding hydrogens is 151 g/mol. The minimum atomic E-state index is -0.0978. The Morgan fingerprint density at radius 2 is 1.83 bits per heavy atom. The third-order valence-corrected chi connectivity index (χ3v) is 1.64. The van der Waals surface area contributed by atoms with Crippen LogP contribution in [0.2, 0.25) is 0 Å². The maximum Gasteiger partial charge on any atom is 0.126 e. The Kier molecular flexibility index (Phi) is 5.35. The molecule has 0 bridgehead atoms. The first kappa shape index (κ1) is 11.2. The fraction of sp³-hybridized carbons (Fsp3) is 0.455. The normalized spacial score (nSPS) is 8.75. The summed E-state index contributed by atoms with van der Waals surface area (Å²) in [5.74, 6) is -0.0978. The van der Waals surface area contributed by atoms with Gasteiger partial charge in [-0.3, -0.25) is 0 Å². The molecule has 0 nitrogen and oxygen atoms in total. The lowest BCUT2D eigenvalue weighted by molar-refractivity contribution is 0.616. The van der Waals surface area contributed by atoms with E-state index in [9.17, 15) is 4.39 Å². The van der Waals surface area contributed by atoms with Crippen molar-refractivity contribution >= 4 is 0 Å². The topological polar surface area (TPSA) is 0 Å². The molecule has 0 aliphatic carbocycles. The Morgan fingerprint density at radius 3 is 2.25 bits per heavy atom. The predicted octanol–water partition coefficient (Wildman–Crippen LogP) is 3.72. The van der Waals surface area contributed by atoms with Crippen LogP contribution in [0.3, 0.4) is 0 Å². The molecule has 1 aromatic rings. The number of hydrogen-bond acceptors (Lipinski definition) is 0. The molecule has 0 aliphatic rings. The van der Waals surface area contributed by atoms with Crippen LogP contribution in [0.1, 0.15) is 31.9 Å². The summed E-state index contributed by atoms with van der Waals surface area (Å²) in [4.78, 5) is 0. The second-order valence-corrected chi connectivity index (χ2v) is 2.44. The lowest BCUT2D eigenvalue weighted by Crippen LogP contribution is -1.85. The van der Waals surface area contributed by atoms with Crippen LogP contribution in [0.4, 0.5) is 4.39 Å². The summed E-state index contributed by atoms with van der Waals surface area (Å²) < 4.78 is 12.8. The third kappa shape index (κ3) is 3.04. The lowest BCUT2D eigenvalue weighted by Gasteiger charge is -1.98. The van der Waals surface area contributed by atoms with E-state index in [1.165, 1.54) is 0 Å². The maximum absolute atomic E-state index is 12.8. The molecular formula is C11H17F. The Hall–Kier alpha value is -0.850. The minimum Gasteiger partial charge on any atom is -0.207 e. The number of aryl methyl sites for hydroxylation is 2. The van der Waals surface area contributed by atoms with Gasteiger partial charge in [0.1, 0.15) is 5.82 Å². The van der Waals surface area contributed by atoms with Gasteiger partial charge in [0.15, 0.2) is 0 Å². The van der Waals surface area contributed by atoms with Gasteiger partial charge in [0.25, 0.3) is 0 Å². The second-order valence-electron chi connectivity index (χ2n) is 2.44. The maximum atomic E-state index is 12.8. The number of hydrogen-bond donors (Lipinski definition) is 0. The number of halogens is 1. The molecule has 12 heavy (non-hydrogen) atoms. The van der Waals surface area contributed by atoms with E-state index < -0.39 is 0 Å². The van der Waals surface area contributed by atoms with E-state index in [0.717, 1.165) is 17.5 Å². The van der Waals surface area contributed by atoms with Crippen LogP contribution in [0.25, 0.3) is 0 Å². The quantitative estimate of drug-likeness (QED) is 0.599. The second kappa shape index (κ2) is 5.76. The summed E-state index contributed by atoms with van der Waals surface area (Å²) in [5, 5.41) is 0. The van der Waals surface area contributed by atoms with Gasteiger partial charge in [-0.15, -0.1) is 0 Å². The largest absolute Gasteiger partial charge is 0.207 e. The molecule has 0 amide bonds. The zero-order valence-corrected chi connectivity index (χ0v) is 8.32. The van der Waals surface area contributed by atoms with E-state index in [1.54, 1.807) is 13.0 Å². The van der Waals surface area contributed by atoms with Crippen molar-refractivity contribution in [3.63, 3.8) is 0 Å². The summed E-state index contributed by atoms with van der Waals surface area (Å²) in [6.45, 7) is 7.79. The highest BCUT2D eigenvalue weighted by Crippen LogP contribution is 2.08. The van der Waals surface area contributed by atoms with Gasteiger partial charge in [-0.05, 0) is 30.5 Å². The van der Waals surface area contributed by atoms with Crippen LogP contribution in [-0.2, 0) is 6.42 Å². The Labute approximate surface area is 74.4 Å². The van der Waals surface area contributed by atoms with Gasteiger partial charge in [-0.2, -0.15) is 0 Å². The van der Waals surface area contributed by atoms with Crippen LogP contribution in [0, 0.1) is 12.7 Å². The molecule has 0 spiro atoms. The first-order valence-corrected chi connectivity index (χ1v) is 4.49. The van der Waals surface area contributed by atoms with Gasteiger partial charge in [0.05, 0.1) is 0 Å². The molecule has 0 atom stereocenters. The summed E-state index contributed by atoms with van der Waals surface area (Å²) >= 11 is 0. The van der Waals surface area contributed by atoms with Crippen LogP contribution < -0.4 is 0 Å². The Balaban J connectivity index is 0.000000561. The summed E-state index contributed by atoms with van der Waals surface area (Å²) in [6, 6.07) is 5.36. The fourth-order valence-electron chi connectivity index (χ4n) is 0.856. The van der Waals surface area contributed by atoms with Crippen LogP contribution in [-0.4, -0.2) is 0 Å². The molecule has 0 N–H and O–H groups in total. The Bertz CT molecular complexity index is 228. The molecule has 0 fully saturated rings. The van der Waals surface area contributed by atoms with E-state index in [0.29, 0.717) is 0 Å². The molecule has 0 saturated carbocycles. The smallest absolute Gasteiger partial charge is 0.126 e. The lowest BCUT2D eigenvalue weighted by atomic mass is 10.1. The molecule has 0 saturated heterocycles. The highest BCUT2D eigenvalue weighted by atomic mass is 19.1. The standard InChI is InChI=1S/C9H11F.C2H6/c1-3-8-5-4-7(2)9(10)6-8;1-2/h4-6H,3H2,1-2H3;1-2H3. The molecule has 0 heterocycles. The first-order valence-electron chi connectivity index (χ1n) is 4.49. The predicted molar refractivity (Wildman–Crippen MR) is 51.9 cm³/mol.